The SMILES string of the molecule is O=C(O)c1cc(NCc2cc(F)c(O)c(F)c2)ccc1Cl. The standard InChI is InChI=1S/C14H10ClF2NO3/c15-10-2-1-8(5-9(10)14(20)21)18-6-7-3-11(16)13(19)12(17)4-7/h1-5,18-19H,6H2,(H,20,21). The van der Waals surface area contributed by atoms with Gasteiger partial charge in [-0.25, -0.2) is 13.6 Å². The number of hydrogen-bond donors (Lipinski definition) is 3. The van der Waals surface area contributed by atoms with Crippen LogP contribution in [0.15, 0.2) is 30.3 Å². The van der Waals surface area contributed by atoms with Crippen molar-refractivity contribution in [1.82, 2.24) is 0 Å². The Morgan fingerprint density at radius 3 is 2.38 bits per heavy atom. The summed E-state index contributed by atoms with van der Waals surface area (Å²) in [4.78, 5) is 10.9. The molecule has 0 saturated heterocycles. The van der Waals surface area contributed by atoms with Crippen LogP contribution < -0.4 is 5.32 Å². The molecule has 110 valence electrons. The molecule has 0 aliphatic rings. The summed E-state index contributed by atoms with van der Waals surface area (Å²) < 4.78 is 26.4. The van der Waals surface area contributed by atoms with E-state index in [9.17, 15) is 13.6 Å². The first-order valence-corrected chi connectivity index (χ1v) is 6.20. The van der Waals surface area contributed by atoms with Gasteiger partial charge in [0.2, 0.25) is 0 Å². The molecule has 0 unspecified atom stereocenters. The molecule has 0 fully saturated rings. The fourth-order valence-corrected chi connectivity index (χ4v) is 1.92. The first kappa shape index (κ1) is 15.1. The molecule has 0 aromatic heterocycles. The molecule has 0 aliphatic carbocycles. The lowest BCUT2D eigenvalue weighted by molar-refractivity contribution is 0.0697. The van der Waals surface area contributed by atoms with Crippen LogP contribution in [-0.2, 0) is 6.54 Å². The minimum Gasteiger partial charge on any atom is -0.503 e. The van der Waals surface area contributed by atoms with E-state index in [1.807, 2.05) is 0 Å². The lowest BCUT2D eigenvalue weighted by atomic mass is 10.1. The van der Waals surface area contributed by atoms with E-state index in [0.29, 0.717) is 5.69 Å². The van der Waals surface area contributed by atoms with Crippen LogP contribution in [0.5, 0.6) is 5.75 Å². The number of aromatic hydroxyl groups is 1. The van der Waals surface area contributed by atoms with Crippen LogP contribution in [0.4, 0.5) is 14.5 Å². The highest BCUT2D eigenvalue weighted by molar-refractivity contribution is 6.33. The van der Waals surface area contributed by atoms with E-state index in [1.54, 1.807) is 6.07 Å². The molecule has 0 radical (unpaired) electrons. The fourth-order valence-electron chi connectivity index (χ4n) is 1.72. The zero-order valence-electron chi connectivity index (χ0n) is 10.5. The number of halogens is 3. The number of anilines is 1. The zero-order chi connectivity index (χ0) is 15.6. The summed E-state index contributed by atoms with van der Waals surface area (Å²) in [5, 5.41) is 20.8. The maximum Gasteiger partial charge on any atom is 0.337 e. The molecule has 21 heavy (non-hydrogen) atoms. The van der Waals surface area contributed by atoms with Crippen molar-refractivity contribution in [2.75, 3.05) is 5.32 Å². The molecule has 7 heteroatoms. The van der Waals surface area contributed by atoms with E-state index < -0.39 is 23.4 Å². The Morgan fingerprint density at radius 2 is 1.81 bits per heavy atom. The molecule has 0 atom stereocenters. The number of phenolic OH excluding ortho intramolecular Hbond substituents is 1. The van der Waals surface area contributed by atoms with Crippen molar-refractivity contribution in [3.63, 3.8) is 0 Å². The van der Waals surface area contributed by atoms with Gasteiger partial charge in [0, 0.05) is 12.2 Å². The number of rotatable bonds is 4. The Morgan fingerprint density at radius 1 is 1.19 bits per heavy atom. The Bertz CT molecular complexity index is 684. The van der Waals surface area contributed by atoms with Crippen LogP contribution in [0.3, 0.4) is 0 Å². The number of carboxylic acids is 1. The van der Waals surface area contributed by atoms with Gasteiger partial charge in [-0.15, -0.1) is 0 Å². The molecular weight excluding hydrogens is 304 g/mol. The van der Waals surface area contributed by atoms with Crippen molar-refractivity contribution in [2.24, 2.45) is 0 Å². The van der Waals surface area contributed by atoms with Crippen molar-refractivity contribution in [3.05, 3.63) is 58.1 Å². The molecule has 0 amide bonds. The zero-order valence-corrected chi connectivity index (χ0v) is 11.3. The second-order valence-corrected chi connectivity index (χ2v) is 4.67. The number of aromatic carboxylic acids is 1. The predicted octanol–water partition coefficient (Wildman–Crippen LogP) is 3.63. The van der Waals surface area contributed by atoms with Gasteiger partial charge in [-0.3, -0.25) is 0 Å². The number of carboxylic acid groups (broad SMARTS) is 1. The van der Waals surface area contributed by atoms with Crippen LogP contribution in [-0.4, -0.2) is 16.2 Å². The van der Waals surface area contributed by atoms with Crippen LogP contribution in [0, 0.1) is 11.6 Å². The molecule has 2 aromatic rings. The van der Waals surface area contributed by atoms with Gasteiger partial charge in [0.05, 0.1) is 10.6 Å². The Kier molecular flexibility index (Phi) is 4.28. The average Bonchev–Trinajstić information content (AvgIpc) is 2.43. The number of benzene rings is 2. The summed E-state index contributed by atoms with van der Waals surface area (Å²) in [6.07, 6.45) is 0. The quantitative estimate of drug-likeness (QED) is 0.806. The minimum absolute atomic E-state index is 0.0504. The van der Waals surface area contributed by atoms with Gasteiger partial charge < -0.3 is 15.5 Å². The van der Waals surface area contributed by atoms with Crippen molar-refractivity contribution in [1.29, 1.82) is 0 Å². The third kappa shape index (κ3) is 3.41. The average molecular weight is 314 g/mol. The smallest absolute Gasteiger partial charge is 0.337 e. The minimum atomic E-state index is -1.18. The summed E-state index contributed by atoms with van der Waals surface area (Å²) >= 11 is 5.73. The maximum absolute atomic E-state index is 13.2. The first-order valence-electron chi connectivity index (χ1n) is 5.82. The molecular formula is C14H10ClF2NO3. The molecule has 2 rings (SSSR count). The lowest BCUT2D eigenvalue weighted by Crippen LogP contribution is -2.03. The normalized spacial score (nSPS) is 10.4. The fraction of sp³-hybridized carbons (Fsp3) is 0.0714. The van der Waals surface area contributed by atoms with E-state index in [4.69, 9.17) is 21.8 Å². The summed E-state index contributed by atoms with van der Waals surface area (Å²) in [6, 6.07) is 6.24. The Hall–Kier alpha value is -2.34. The molecule has 0 bridgehead atoms. The topological polar surface area (TPSA) is 69.6 Å². The first-order chi connectivity index (χ1) is 9.88. The highest BCUT2D eigenvalue weighted by Gasteiger charge is 2.11. The van der Waals surface area contributed by atoms with E-state index >= 15 is 0 Å². The van der Waals surface area contributed by atoms with E-state index in [2.05, 4.69) is 5.32 Å². The molecule has 2 aromatic carbocycles. The van der Waals surface area contributed by atoms with E-state index in [-0.39, 0.29) is 22.7 Å². The lowest BCUT2D eigenvalue weighted by Gasteiger charge is -2.09. The molecule has 0 saturated carbocycles. The van der Waals surface area contributed by atoms with Gasteiger partial charge in [-0.2, -0.15) is 0 Å². The number of phenols is 1. The van der Waals surface area contributed by atoms with Crippen molar-refractivity contribution in [3.8, 4) is 5.75 Å². The highest BCUT2D eigenvalue weighted by Crippen LogP contribution is 2.23. The number of nitrogens with one attached hydrogen (secondary N) is 1. The van der Waals surface area contributed by atoms with Gasteiger partial charge in [0.1, 0.15) is 0 Å². The monoisotopic (exact) mass is 313 g/mol. The predicted molar refractivity (Wildman–Crippen MR) is 73.8 cm³/mol. The third-order valence-electron chi connectivity index (χ3n) is 2.77. The van der Waals surface area contributed by atoms with E-state index in [0.717, 1.165) is 12.1 Å². The van der Waals surface area contributed by atoms with Crippen molar-refractivity contribution >= 4 is 23.3 Å². The number of hydrogen-bond acceptors (Lipinski definition) is 3. The van der Waals surface area contributed by atoms with Crippen LogP contribution >= 0.6 is 11.6 Å². The molecule has 3 N–H and O–H groups in total. The van der Waals surface area contributed by atoms with Gasteiger partial charge in [0.15, 0.2) is 17.4 Å². The summed E-state index contributed by atoms with van der Waals surface area (Å²) in [7, 11) is 0. The number of carbonyl (C=O) groups is 1. The van der Waals surface area contributed by atoms with Gasteiger partial charge in [-0.1, -0.05) is 11.6 Å². The molecule has 4 nitrogen and oxygen atoms in total. The van der Waals surface area contributed by atoms with Crippen LogP contribution in [0.2, 0.25) is 5.02 Å². The molecule has 0 aliphatic heterocycles. The van der Waals surface area contributed by atoms with Gasteiger partial charge in [0.25, 0.3) is 0 Å². The Labute approximate surface area is 123 Å². The summed E-state index contributed by atoms with van der Waals surface area (Å²) in [5.74, 6) is -4.33. The van der Waals surface area contributed by atoms with Gasteiger partial charge in [-0.05, 0) is 35.9 Å². The van der Waals surface area contributed by atoms with Crippen LogP contribution in [0.25, 0.3) is 0 Å². The third-order valence-corrected chi connectivity index (χ3v) is 3.10. The maximum atomic E-state index is 13.2. The van der Waals surface area contributed by atoms with Crippen LogP contribution in [0.1, 0.15) is 15.9 Å². The summed E-state index contributed by atoms with van der Waals surface area (Å²) in [5.41, 5.74) is 0.616. The molecule has 0 heterocycles. The Balaban J connectivity index is 2.17. The molecule has 0 spiro atoms. The second kappa shape index (κ2) is 5.97. The van der Waals surface area contributed by atoms with Crippen molar-refractivity contribution < 1.29 is 23.8 Å². The second-order valence-electron chi connectivity index (χ2n) is 4.26. The highest BCUT2D eigenvalue weighted by atomic mass is 35.5. The summed E-state index contributed by atoms with van der Waals surface area (Å²) in [6.45, 7) is 0.0504. The largest absolute Gasteiger partial charge is 0.503 e. The van der Waals surface area contributed by atoms with E-state index in [1.165, 1.54) is 12.1 Å². The van der Waals surface area contributed by atoms with Gasteiger partial charge >= 0.3 is 5.97 Å². The van der Waals surface area contributed by atoms with Crippen molar-refractivity contribution in [2.45, 2.75) is 6.54 Å².